The van der Waals surface area contributed by atoms with Crippen molar-refractivity contribution in [3.8, 4) is 17.2 Å². The molecule has 0 unspecified atom stereocenters. The van der Waals surface area contributed by atoms with E-state index in [9.17, 15) is 13.2 Å². The molecule has 190 valence electrons. The van der Waals surface area contributed by atoms with E-state index in [1.54, 1.807) is 48.5 Å². The lowest BCUT2D eigenvalue weighted by molar-refractivity contribution is -0.118. The van der Waals surface area contributed by atoms with E-state index in [2.05, 4.69) is 10.0 Å². The molecular weight excluding hydrogens is 492 g/mol. The zero-order valence-corrected chi connectivity index (χ0v) is 20.9. The molecule has 0 saturated heterocycles. The number of carbonyl (C=O) groups is 1. The van der Waals surface area contributed by atoms with Crippen LogP contribution in [0.2, 0.25) is 0 Å². The number of nitrogens with one attached hydrogen (secondary N) is 2. The van der Waals surface area contributed by atoms with Crippen LogP contribution in [0.4, 0.5) is 11.4 Å². The topological polar surface area (TPSA) is 103 Å². The van der Waals surface area contributed by atoms with Crippen LogP contribution in [0.3, 0.4) is 0 Å². The minimum atomic E-state index is -3.80. The summed E-state index contributed by atoms with van der Waals surface area (Å²) in [4.78, 5) is 12.3. The zero-order valence-electron chi connectivity index (χ0n) is 20.1. The minimum absolute atomic E-state index is 0.0571. The Hall–Kier alpha value is -4.50. The fourth-order valence-electron chi connectivity index (χ4n) is 3.34. The first-order valence-corrected chi connectivity index (χ1v) is 12.9. The van der Waals surface area contributed by atoms with Gasteiger partial charge in [0.05, 0.1) is 17.7 Å². The predicted octanol–water partition coefficient (Wildman–Crippen LogP) is 5.09. The van der Waals surface area contributed by atoms with Crippen LogP contribution in [0.1, 0.15) is 5.56 Å². The molecule has 0 aliphatic rings. The van der Waals surface area contributed by atoms with Crippen molar-refractivity contribution >= 4 is 27.3 Å². The summed E-state index contributed by atoms with van der Waals surface area (Å²) in [6.07, 6.45) is 0. The first-order valence-electron chi connectivity index (χ1n) is 11.4. The van der Waals surface area contributed by atoms with Gasteiger partial charge in [0.2, 0.25) is 0 Å². The first-order chi connectivity index (χ1) is 17.9. The average molecular weight is 519 g/mol. The minimum Gasteiger partial charge on any atom is -0.497 e. The highest BCUT2D eigenvalue weighted by Gasteiger charge is 2.15. The average Bonchev–Trinajstić information content (AvgIpc) is 2.92. The van der Waals surface area contributed by atoms with Gasteiger partial charge in [-0.1, -0.05) is 36.4 Å². The molecular formula is C28H26N2O6S. The molecule has 9 heteroatoms. The quantitative estimate of drug-likeness (QED) is 0.287. The lowest BCUT2D eigenvalue weighted by Gasteiger charge is -2.11. The van der Waals surface area contributed by atoms with Gasteiger partial charge in [-0.25, -0.2) is 8.42 Å². The smallest absolute Gasteiger partial charge is 0.262 e. The summed E-state index contributed by atoms with van der Waals surface area (Å²) in [6.45, 7) is 0.220. The Balaban J connectivity index is 1.25. The maximum Gasteiger partial charge on any atom is 0.262 e. The molecule has 0 heterocycles. The van der Waals surface area contributed by atoms with E-state index in [0.717, 1.165) is 5.56 Å². The fraction of sp³-hybridized carbons (Fsp3) is 0.107. The van der Waals surface area contributed by atoms with Crippen molar-refractivity contribution in [1.29, 1.82) is 0 Å². The normalized spacial score (nSPS) is 10.8. The van der Waals surface area contributed by atoms with E-state index in [-0.39, 0.29) is 17.4 Å². The number of ether oxygens (including phenoxy) is 3. The van der Waals surface area contributed by atoms with E-state index in [1.807, 2.05) is 30.3 Å². The Kier molecular flexibility index (Phi) is 8.27. The van der Waals surface area contributed by atoms with E-state index >= 15 is 0 Å². The summed E-state index contributed by atoms with van der Waals surface area (Å²) in [6, 6.07) is 29.3. The molecule has 0 aliphatic carbocycles. The second-order valence-corrected chi connectivity index (χ2v) is 9.63. The molecule has 0 atom stereocenters. The zero-order chi connectivity index (χ0) is 26.1. The fourth-order valence-corrected chi connectivity index (χ4v) is 4.39. The molecule has 0 aliphatic heterocycles. The number of rotatable bonds is 11. The molecule has 4 rings (SSSR count). The number of carbonyl (C=O) groups excluding carboxylic acids is 1. The number of anilines is 2. The van der Waals surface area contributed by atoms with Gasteiger partial charge >= 0.3 is 0 Å². The molecule has 4 aromatic carbocycles. The van der Waals surface area contributed by atoms with Crippen molar-refractivity contribution in [2.24, 2.45) is 0 Å². The van der Waals surface area contributed by atoms with Crippen molar-refractivity contribution in [1.82, 2.24) is 0 Å². The number of methoxy groups -OCH3 is 1. The highest BCUT2D eigenvalue weighted by Crippen LogP contribution is 2.22. The first kappa shape index (κ1) is 25.6. The van der Waals surface area contributed by atoms with Crippen molar-refractivity contribution in [2.75, 3.05) is 23.8 Å². The third-order valence-corrected chi connectivity index (χ3v) is 6.61. The van der Waals surface area contributed by atoms with Crippen LogP contribution in [0.25, 0.3) is 0 Å². The highest BCUT2D eigenvalue weighted by molar-refractivity contribution is 7.92. The van der Waals surface area contributed by atoms with Crippen molar-refractivity contribution in [2.45, 2.75) is 11.5 Å². The molecule has 0 radical (unpaired) electrons. The van der Waals surface area contributed by atoms with Crippen LogP contribution < -0.4 is 24.2 Å². The summed E-state index contributed by atoms with van der Waals surface area (Å²) in [5.74, 6) is 1.23. The van der Waals surface area contributed by atoms with Gasteiger partial charge in [0.15, 0.2) is 6.61 Å². The molecule has 8 nitrogen and oxygen atoms in total. The molecule has 4 aromatic rings. The second kappa shape index (κ2) is 12.0. The van der Waals surface area contributed by atoms with Crippen LogP contribution in [0.15, 0.2) is 108 Å². The van der Waals surface area contributed by atoms with E-state index in [0.29, 0.717) is 35.2 Å². The van der Waals surface area contributed by atoms with Crippen molar-refractivity contribution in [3.05, 3.63) is 109 Å². The molecule has 0 fully saturated rings. The number of amides is 1. The Labute approximate surface area is 215 Å². The summed E-state index contributed by atoms with van der Waals surface area (Å²) in [7, 11) is -2.30. The lowest BCUT2D eigenvalue weighted by atomic mass is 10.2. The van der Waals surface area contributed by atoms with Crippen LogP contribution in [-0.2, 0) is 21.4 Å². The second-order valence-electron chi connectivity index (χ2n) is 7.94. The largest absolute Gasteiger partial charge is 0.497 e. The van der Waals surface area contributed by atoms with E-state index < -0.39 is 10.0 Å². The third kappa shape index (κ3) is 7.49. The Bertz CT molecular complexity index is 1420. The molecule has 37 heavy (non-hydrogen) atoms. The van der Waals surface area contributed by atoms with E-state index in [4.69, 9.17) is 14.2 Å². The van der Waals surface area contributed by atoms with Gasteiger partial charge in [-0.3, -0.25) is 9.52 Å². The van der Waals surface area contributed by atoms with Gasteiger partial charge in [-0.2, -0.15) is 0 Å². The maximum atomic E-state index is 12.7. The summed E-state index contributed by atoms with van der Waals surface area (Å²) >= 11 is 0. The highest BCUT2D eigenvalue weighted by atomic mass is 32.2. The number of benzene rings is 4. The summed E-state index contributed by atoms with van der Waals surface area (Å²) < 4.78 is 44.2. The molecule has 0 aromatic heterocycles. The van der Waals surface area contributed by atoms with Gasteiger partial charge < -0.3 is 19.5 Å². The van der Waals surface area contributed by atoms with Crippen LogP contribution in [0.5, 0.6) is 17.2 Å². The van der Waals surface area contributed by atoms with Crippen LogP contribution in [0, 0.1) is 0 Å². The van der Waals surface area contributed by atoms with Crippen molar-refractivity contribution < 1.29 is 27.4 Å². The van der Waals surface area contributed by atoms with Gasteiger partial charge in [-0.15, -0.1) is 0 Å². The van der Waals surface area contributed by atoms with Gasteiger partial charge in [-0.05, 0) is 66.2 Å². The lowest BCUT2D eigenvalue weighted by Crippen LogP contribution is -2.20. The van der Waals surface area contributed by atoms with Crippen LogP contribution >= 0.6 is 0 Å². The summed E-state index contributed by atoms with van der Waals surface area (Å²) in [5.41, 5.74) is 2.05. The molecule has 2 N–H and O–H groups in total. The Morgan fingerprint density at radius 1 is 0.730 bits per heavy atom. The van der Waals surface area contributed by atoms with Crippen molar-refractivity contribution in [3.63, 3.8) is 0 Å². The third-order valence-electron chi connectivity index (χ3n) is 5.21. The molecule has 0 bridgehead atoms. The SMILES string of the molecule is COc1cccc(NS(=O)(=O)c2ccc(OCC(=O)Nc3ccc(OCc4ccccc4)cc3)cc2)c1. The van der Waals surface area contributed by atoms with E-state index in [1.165, 1.54) is 31.4 Å². The number of sulfonamides is 1. The van der Waals surface area contributed by atoms with Gasteiger partial charge in [0, 0.05) is 11.8 Å². The predicted molar refractivity (Wildman–Crippen MR) is 142 cm³/mol. The van der Waals surface area contributed by atoms with Crippen LogP contribution in [-0.4, -0.2) is 28.0 Å². The Morgan fingerprint density at radius 2 is 1.41 bits per heavy atom. The Morgan fingerprint density at radius 3 is 2.11 bits per heavy atom. The molecule has 1 amide bonds. The maximum absolute atomic E-state index is 12.7. The molecule has 0 spiro atoms. The van der Waals surface area contributed by atoms with Gasteiger partial charge in [0.1, 0.15) is 23.9 Å². The standard InChI is InChI=1S/C28H26N2O6S/c1-34-26-9-5-8-23(18-26)30-37(32,33)27-16-14-25(15-17-27)36-20-28(31)29-22-10-12-24(13-11-22)35-19-21-6-3-2-4-7-21/h2-18,30H,19-20H2,1H3,(H,29,31). The summed E-state index contributed by atoms with van der Waals surface area (Å²) in [5, 5.41) is 2.75. The number of hydrogen-bond donors (Lipinski definition) is 2. The number of hydrogen-bond acceptors (Lipinski definition) is 6. The monoisotopic (exact) mass is 518 g/mol. The molecule has 0 saturated carbocycles. The van der Waals surface area contributed by atoms with Gasteiger partial charge in [0.25, 0.3) is 15.9 Å².